The number of carbonyl (C=O) groups is 1. The number of nitrogens with one attached hydrogen (secondary N) is 1. The van der Waals surface area contributed by atoms with Gasteiger partial charge < -0.3 is 15.0 Å². The van der Waals surface area contributed by atoms with Crippen molar-refractivity contribution >= 4 is 22.4 Å². The summed E-state index contributed by atoms with van der Waals surface area (Å²) in [6.45, 7) is 6.16. The molecule has 0 saturated carbocycles. The summed E-state index contributed by atoms with van der Waals surface area (Å²) in [5.74, 6) is 0.809. The van der Waals surface area contributed by atoms with Gasteiger partial charge in [-0.15, -0.1) is 10.2 Å². The minimum Gasteiger partial charge on any atom is -0.496 e. The van der Waals surface area contributed by atoms with Crippen molar-refractivity contribution in [2.45, 2.75) is 33.2 Å². The van der Waals surface area contributed by atoms with Crippen LogP contribution in [0, 0.1) is 19.8 Å². The number of amides is 1. The molecule has 1 saturated heterocycles. The van der Waals surface area contributed by atoms with Gasteiger partial charge in [0.05, 0.1) is 13.0 Å². The van der Waals surface area contributed by atoms with E-state index in [9.17, 15) is 4.79 Å². The SMILES string of the molecule is COc1ccccc1CNC(=O)C1CCCN(c2nnc(-n3c(C)ccc3C)s2)C1. The normalized spacial score (nSPS) is 16.5. The number of carbonyl (C=O) groups excluding carboxylic acids is 1. The molecule has 4 rings (SSSR count). The Hall–Kier alpha value is -2.87. The van der Waals surface area contributed by atoms with Crippen LogP contribution in [0.3, 0.4) is 0 Å². The molecule has 1 amide bonds. The van der Waals surface area contributed by atoms with Gasteiger partial charge in [0.25, 0.3) is 0 Å². The first kappa shape index (κ1) is 20.4. The second-order valence-corrected chi connectivity index (χ2v) is 8.57. The standard InChI is InChI=1S/C22H27N5O2S/c1-15-10-11-16(2)27(15)22-25-24-21(30-22)26-12-6-8-18(14-26)20(28)23-13-17-7-4-5-9-19(17)29-3/h4-5,7,9-11,18H,6,8,12-14H2,1-3H3,(H,23,28). The van der Waals surface area contributed by atoms with Gasteiger partial charge >= 0.3 is 0 Å². The average Bonchev–Trinajstić information content (AvgIpc) is 3.38. The van der Waals surface area contributed by atoms with Crippen LogP contribution in [0.1, 0.15) is 29.8 Å². The Bertz CT molecular complexity index is 1010. The number of benzene rings is 1. The van der Waals surface area contributed by atoms with E-state index in [1.807, 2.05) is 24.3 Å². The molecule has 0 aliphatic carbocycles. The number of methoxy groups -OCH3 is 1. The topological polar surface area (TPSA) is 72.3 Å². The second kappa shape index (κ2) is 8.87. The van der Waals surface area contributed by atoms with E-state index in [4.69, 9.17) is 4.74 Å². The lowest BCUT2D eigenvalue weighted by atomic mass is 9.97. The number of hydrogen-bond acceptors (Lipinski definition) is 6. The molecule has 1 atom stereocenters. The highest BCUT2D eigenvalue weighted by Gasteiger charge is 2.28. The van der Waals surface area contributed by atoms with Gasteiger partial charge in [0, 0.05) is 36.6 Å². The second-order valence-electron chi connectivity index (χ2n) is 7.63. The van der Waals surface area contributed by atoms with Gasteiger partial charge in [-0.1, -0.05) is 29.5 Å². The summed E-state index contributed by atoms with van der Waals surface area (Å²) >= 11 is 1.57. The van der Waals surface area contributed by atoms with E-state index in [0.717, 1.165) is 52.4 Å². The highest BCUT2D eigenvalue weighted by Crippen LogP contribution is 2.29. The fourth-order valence-corrected chi connectivity index (χ4v) is 4.94. The van der Waals surface area contributed by atoms with Crippen LogP contribution >= 0.6 is 11.3 Å². The third-order valence-electron chi connectivity index (χ3n) is 5.57. The molecular weight excluding hydrogens is 398 g/mol. The summed E-state index contributed by atoms with van der Waals surface area (Å²) in [5, 5.41) is 13.6. The van der Waals surface area contributed by atoms with Gasteiger partial charge in [-0.2, -0.15) is 0 Å². The number of nitrogens with zero attached hydrogens (tertiary/aromatic N) is 4. The fourth-order valence-electron chi connectivity index (χ4n) is 3.94. The maximum atomic E-state index is 12.8. The summed E-state index contributed by atoms with van der Waals surface area (Å²) in [6, 6.07) is 11.9. The molecule has 2 aromatic heterocycles. The third-order valence-corrected chi connectivity index (χ3v) is 6.54. The highest BCUT2D eigenvalue weighted by atomic mass is 32.1. The molecule has 1 unspecified atom stereocenters. The van der Waals surface area contributed by atoms with Crippen LogP contribution in [0.4, 0.5) is 5.13 Å². The maximum absolute atomic E-state index is 12.8. The van der Waals surface area contributed by atoms with Gasteiger partial charge in [-0.05, 0) is 44.9 Å². The molecule has 7 nitrogen and oxygen atoms in total. The van der Waals surface area contributed by atoms with Crippen LogP contribution in [0.15, 0.2) is 36.4 Å². The molecule has 30 heavy (non-hydrogen) atoms. The number of rotatable bonds is 6. The van der Waals surface area contributed by atoms with E-state index >= 15 is 0 Å². The van der Waals surface area contributed by atoms with Crippen molar-refractivity contribution in [3.8, 4) is 10.9 Å². The minimum atomic E-state index is -0.0594. The first-order chi connectivity index (χ1) is 14.6. The average molecular weight is 426 g/mol. The van der Waals surface area contributed by atoms with E-state index < -0.39 is 0 Å². The van der Waals surface area contributed by atoms with Gasteiger partial charge in [0.15, 0.2) is 0 Å². The smallest absolute Gasteiger partial charge is 0.225 e. The molecule has 0 radical (unpaired) electrons. The van der Waals surface area contributed by atoms with Crippen molar-refractivity contribution in [2.75, 3.05) is 25.1 Å². The predicted molar refractivity (Wildman–Crippen MR) is 118 cm³/mol. The molecular formula is C22H27N5O2S. The summed E-state index contributed by atoms with van der Waals surface area (Å²) in [5.41, 5.74) is 3.26. The van der Waals surface area contributed by atoms with Crippen molar-refractivity contribution in [3.63, 3.8) is 0 Å². The van der Waals surface area contributed by atoms with Crippen LogP contribution in [0.5, 0.6) is 5.75 Å². The number of hydrogen-bond donors (Lipinski definition) is 1. The van der Waals surface area contributed by atoms with Gasteiger partial charge in [0.2, 0.25) is 16.2 Å². The number of aromatic nitrogens is 3. The first-order valence-corrected chi connectivity index (χ1v) is 11.0. The van der Waals surface area contributed by atoms with E-state index in [1.54, 1.807) is 18.4 Å². The Kier molecular flexibility index (Phi) is 6.03. The largest absolute Gasteiger partial charge is 0.496 e. The molecule has 3 heterocycles. The zero-order valence-electron chi connectivity index (χ0n) is 17.6. The van der Waals surface area contributed by atoms with E-state index in [1.165, 1.54) is 0 Å². The number of aryl methyl sites for hydroxylation is 2. The number of anilines is 1. The van der Waals surface area contributed by atoms with Crippen molar-refractivity contribution in [3.05, 3.63) is 53.3 Å². The zero-order valence-corrected chi connectivity index (χ0v) is 18.4. The number of ether oxygens (including phenoxy) is 1. The highest BCUT2D eigenvalue weighted by molar-refractivity contribution is 7.17. The lowest BCUT2D eigenvalue weighted by molar-refractivity contribution is -0.125. The van der Waals surface area contributed by atoms with Crippen molar-refractivity contribution < 1.29 is 9.53 Å². The molecule has 1 N–H and O–H groups in total. The minimum absolute atomic E-state index is 0.0594. The van der Waals surface area contributed by atoms with E-state index in [2.05, 4.69) is 51.0 Å². The lowest BCUT2D eigenvalue weighted by Crippen LogP contribution is -2.43. The van der Waals surface area contributed by atoms with Crippen molar-refractivity contribution in [1.82, 2.24) is 20.1 Å². The quantitative estimate of drug-likeness (QED) is 0.655. The Morgan fingerprint density at radius 2 is 1.90 bits per heavy atom. The molecule has 158 valence electrons. The maximum Gasteiger partial charge on any atom is 0.225 e. The van der Waals surface area contributed by atoms with E-state index in [-0.39, 0.29) is 11.8 Å². The van der Waals surface area contributed by atoms with Crippen LogP contribution in [-0.2, 0) is 11.3 Å². The van der Waals surface area contributed by atoms with Crippen LogP contribution in [0.25, 0.3) is 5.13 Å². The summed E-state index contributed by atoms with van der Waals surface area (Å²) in [6.07, 6.45) is 1.85. The van der Waals surface area contributed by atoms with Gasteiger partial charge in [-0.25, -0.2) is 0 Å². The van der Waals surface area contributed by atoms with Crippen LogP contribution in [-0.4, -0.2) is 40.9 Å². The third kappa shape index (κ3) is 4.18. The lowest BCUT2D eigenvalue weighted by Gasteiger charge is -2.31. The molecule has 1 aliphatic heterocycles. The molecule has 1 aliphatic rings. The Morgan fingerprint density at radius 3 is 2.67 bits per heavy atom. The molecule has 8 heteroatoms. The van der Waals surface area contributed by atoms with E-state index in [0.29, 0.717) is 13.1 Å². The molecule has 0 spiro atoms. The van der Waals surface area contributed by atoms with Crippen molar-refractivity contribution in [2.24, 2.45) is 5.92 Å². The van der Waals surface area contributed by atoms with Crippen LogP contribution in [0.2, 0.25) is 0 Å². The zero-order chi connectivity index (χ0) is 21.1. The van der Waals surface area contributed by atoms with Gasteiger partial charge in [-0.3, -0.25) is 9.36 Å². The predicted octanol–water partition coefficient (Wildman–Crippen LogP) is 3.49. The molecule has 0 bridgehead atoms. The fraction of sp³-hybridized carbons (Fsp3) is 0.409. The number of para-hydroxylation sites is 1. The Morgan fingerprint density at radius 1 is 1.17 bits per heavy atom. The summed E-state index contributed by atoms with van der Waals surface area (Å²) in [4.78, 5) is 15.0. The monoisotopic (exact) mass is 425 g/mol. The van der Waals surface area contributed by atoms with Crippen molar-refractivity contribution in [1.29, 1.82) is 0 Å². The first-order valence-electron chi connectivity index (χ1n) is 10.2. The van der Waals surface area contributed by atoms with Crippen LogP contribution < -0.4 is 15.0 Å². The summed E-state index contributed by atoms with van der Waals surface area (Å²) < 4.78 is 7.49. The Balaban J connectivity index is 1.40. The number of piperidine rings is 1. The molecule has 3 aromatic rings. The molecule has 1 fully saturated rings. The molecule has 1 aromatic carbocycles. The summed E-state index contributed by atoms with van der Waals surface area (Å²) in [7, 11) is 1.65. The van der Waals surface area contributed by atoms with Gasteiger partial charge in [0.1, 0.15) is 5.75 Å². The Labute approximate surface area is 180 Å².